The van der Waals surface area contributed by atoms with Gasteiger partial charge in [-0.2, -0.15) is 5.26 Å². The van der Waals surface area contributed by atoms with Gasteiger partial charge in [-0.3, -0.25) is 0 Å². The zero-order valence-corrected chi connectivity index (χ0v) is 19.5. The highest BCUT2D eigenvalue weighted by molar-refractivity contribution is 5.88. The van der Waals surface area contributed by atoms with Crippen LogP contribution in [0.2, 0.25) is 0 Å². The van der Waals surface area contributed by atoms with Gasteiger partial charge in [0.25, 0.3) is 0 Å². The van der Waals surface area contributed by atoms with E-state index >= 15 is 0 Å². The van der Waals surface area contributed by atoms with Crippen LogP contribution in [0, 0.1) is 17.1 Å². The summed E-state index contributed by atoms with van der Waals surface area (Å²) in [5, 5.41) is 19.6. The monoisotopic (exact) mass is 469 g/mol. The summed E-state index contributed by atoms with van der Waals surface area (Å²) in [6.45, 7) is 4.72. The van der Waals surface area contributed by atoms with E-state index in [4.69, 9.17) is 9.47 Å². The zero-order valence-electron chi connectivity index (χ0n) is 19.5. The van der Waals surface area contributed by atoms with E-state index in [-0.39, 0.29) is 19.0 Å². The predicted octanol–water partition coefficient (Wildman–Crippen LogP) is 5.35. The highest BCUT2D eigenvalue weighted by atomic mass is 19.1. The first-order valence-electron chi connectivity index (χ1n) is 11.4. The number of nitriles is 1. The van der Waals surface area contributed by atoms with Crippen molar-refractivity contribution in [2.24, 2.45) is 0 Å². The number of hydrogen-bond acceptors (Lipinski definition) is 5. The number of nitrogens with zero attached hydrogens (tertiary/aromatic N) is 3. The molecule has 1 aliphatic rings. The summed E-state index contributed by atoms with van der Waals surface area (Å²) in [6, 6.07) is 18.4. The fourth-order valence-corrected chi connectivity index (χ4v) is 4.61. The Balaban J connectivity index is 1.59. The number of aliphatic hydroxyl groups is 1. The quantitative estimate of drug-likeness (QED) is 0.399. The largest absolute Gasteiger partial charge is 0.492 e. The molecule has 0 amide bonds. The van der Waals surface area contributed by atoms with Gasteiger partial charge in [0.15, 0.2) is 0 Å². The second kappa shape index (κ2) is 9.24. The van der Waals surface area contributed by atoms with Crippen molar-refractivity contribution in [3.63, 3.8) is 0 Å². The average Bonchev–Trinajstić information content (AvgIpc) is 3.14. The molecule has 35 heavy (non-hydrogen) atoms. The van der Waals surface area contributed by atoms with Crippen molar-refractivity contribution in [3.8, 4) is 17.6 Å². The van der Waals surface area contributed by atoms with Crippen LogP contribution >= 0.6 is 0 Å². The van der Waals surface area contributed by atoms with Crippen molar-refractivity contribution < 1.29 is 19.0 Å². The Bertz CT molecular complexity index is 1510. The molecule has 0 saturated carbocycles. The minimum Gasteiger partial charge on any atom is -0.492 e. The molecule has 0 radical (unpaired) electrons. The summed E-state index contributed by atoms with van der Waals surface area (Å²) in [4.78, 5) is 4.61. The molecule has 0 fully saturated rings. The van der Waals surface area contributed by atoms with Crippen LogP contribution in [-0.2, 0) is 19.8 Å². The Morgan fingerprint density at radius 1 is 1.20 bits per heavy atom. The molecule has 1 aromatic heterocycles. The van der Waals surface area contributed by atoms with Gasteiger partial charge in [0.1, 0.15) is 41.9 Å². The van der Waals surface area contributed by atoms with Gasteiger partial charge in [0.2, 0.25) is 0 Å². The first-order chi connectivity index (χ1) is 17.0. The maximum absolute atomic E-state index is 13.9. The molecule has 0 spiro atoms. The number of hydrogen-bond donors (Lipinski definition) is 1. The van der Waals surface area contributed by atoms with Crippen LogP contribution < -0.4 is 9.47 Å². The Morgan fingerprint density at radius 3 is 2.80 bits per heavy atom. The summed E-state index contributed by atoms with van der Waals surface area (Å²) in [5.41, 5.74) is 6.32. The minimum absolute atomic E-state index is 0.205. The molecule has 0 atom stereocenters. The molecule has 2 heterocycles. The van der Waals surface area contributed by atoms with Crippen LogP contribution in [0.15, 0.2) is 60.2 Å². The van der Waals surface area contributed by atoms with Crippen molar-refractivity contribution in [2.75, 3.05) is 6.61 Å². The molecule has 0 bridgehead atoms. The van der Waals surface area contributed by atoms with Crippen molar-refractivity contribution >= 4 is 16.6 Å². The predicted molar refractivity (Wildman–Crippen MR) is 130 cm³/mol. The number of benzene rings is 3. The molecular formula is C28H24FN3O3. The van der Waals surface area contributed by atoms with Crippen LogP contribution in [0.25, 0.3) is 16.6 Å². The van der Waals surface area contributed by atoms with Gasteiger partial charge < -0.3 is 19.1 Å². The lowest BCUT2D eigenvalue weighted by Crippen LogP contribution is -2.06. The fraction of sp³-hybridized carbons (Fsp3) is 0.214. The third-order valence-corrected chi connectivity index (χ3v) is 6.18. The smallest absolute Gasteiger partial charge is 0.147 e. The summed E-state index contributed by atoms with van der Waals surface area (Å²) in [7, 11) is 0. The van der Waals surface area contributed by atoms with Gasteiger partial charge in [0.05, 0.1) is 18.2 Å². The molecule has 5 rings (SSSR count). The highest BCUT2D eigenvalue weighted by Crippen LogP contribution is 2.39. The number of fused-ring (bicyclic) bond motifs is 3. The Morgan fingerprint density at radius 2 is 2.03 bits per heavy atom. The standard InChI is InChI=1S/C28H24FN3O3/c1-3-34-24-6-4-5-23-28(24)31-26(15-33)32(23)14-18-7-9-21-19(11-18)16-35-25-12-20(29)8-10-22(25)27(21)17(2)13-30/h4-12,33H,3,14-16H2,1-2H3/b27-17-. The zero-order chi connectivity index (χ0) is 24.5. The first-order valence-corrected chi connectivity index (χ1v) is 11.4. The molecule has 1 aliphatic heterocycles. The second-order valence-electron chi connectivity index (χ2n) is 8.36. The van der Waals surface area contributed by atoms with E-state index in [1.165, 1.54) is 12.1 Å². The SMILES string of the molecule is CCOc1cccc2c1nc(CO)n2Cc1ccc2c(c1)COc1cc(F)ccc1/C2=C(/C)C#N. The number of imidazole rings is 1. The molecule has 176 valence electrons. The molecule has 0 saturated heterocycles. The van der Waals surface area contributed by atoms with Crippen molar-refractivity contribution in [1.82, 2.24) is 9.55 Å². The molecular weight excluding hydrogens is 445 g/mol. The molecule has 7 heteroatoms. The van der Waals surface area contributed by atoms with E-state index in [1.807, 2.05) is 47.9 Å². The average molecular weight is 470 g/mol. The minimum atomic E-state index is -0.390. The lowest BCUT2D eigenvalue weighted by Gasteiger charge is -2.14. The van der Waals surface area contributed by atoms with E-state index in [9.17, 15) is 14.8 Å². The van der Waals surface area contributed by atoms with Gasteiger partial charge in [-0.15, -0.1) is 0 Å². The molecule has 3 aromatic carbocycles. The maximum Gasteiger partial charge on any atom is 0.147 e. The van der Waals surface area contributed by atoms with Crippen molar-refractivity contribution in [2.45, 2.75) is 33.6 Å². The number of aromatic nitrogens is 2. The lowest BCUT2D eigenvalue weighted by molar-refractivity contribution is 0.267. The topological polar surface area (TPSA) is 80.3 Å². The summed E-state index contributed by atoms with van der Waals surface area (Å²) in [5.74, 6) is 1.25. The van der Waals surface area contributed by atoms with Crippen molar-refractivity contribution in [3.05, 3.63) is 94.1 Å². The van der Waals surface area contributed by atoms with Gasteiger partial charge in [-0.25, -0.2) is 9.37 Å². The summed E-state index contributed by atoms with van der Waals surface area (Å²) >= 11 is 0. The van der Waals surface area contributed by atoms with Crippen LogP contribution in [0.5, 0.6) is 11.5 Å². The number of allylic oxidation sites excluding steroid dienone is 1. The number of aliphatic hydroxyl groups excluding tert-OH is 1. The van der Waals surface area contributed by atoms with Gasteiger partial charge in [0, 0.05) is 29.3 Å². The normalized spacial score (nSPS) is 13.9. The van der Waals surface area contributed by atoms with Crippen LogP contribution in [0.1, 0.15) is 41.9 Å². The van der Waals surface area contributed by atoms with Crippen LogP contribution in [0.4, 0.5) is 4.39 Å². The van der Waals surface area contributed by atoms with Gasteiger partial charge in [-0.05, 0) is 60.9 Å². The number of halogens is 1. The fourth-order valence-electron chi connectivity index (χ4n) is 4.61. The molecule has 1 N–H and O–H groups in total. The third-order valence-electron chi connectivity index (χ3n) is 6.18. The van der Waals surface area contributed by atoms with Gasteiger partial charge in [-0.1, -0.05) is 18.2 Å². The van der Waals surface area contributed by atoms with E-state index in [2.05, 4.69) is 11.1 Å². The van der Waals surface area contributed by atoms with E-state index in [0.717, 1.165) is 27.8 Å². The highest BCUT2D eigenvalue weighted by Gasteiger charge is 2.23. The molecule has 0 unspecified atom stereocenters. The second-order valence-corrected chi connectivity index (χ2v) is 8.36. The number of para-hydroxylation sites is 1. The summed E-state index contributed by atoms with van der Waals surface area (Å²) in [6.07, 6.45) is 0. The van der Waals surface area contributed by atoms with Crippen LogP contribution in [-0.4, -0.2) is 21.3 Å². The maximum atomic E-state index is 13.9. The Hall–Kier alpha value is -4.15. The van der Waals surface area contributed by atoms with Crippen LogP contribution in [0.3, 0.4) is 0 Å². The molecule has 4 aromatic rings. The number of rotatable bonds is 5. The van der Waals surface area contributed by atoms with Crippen molar-refractivity contribution in [1.29, 1.82) is 5.26 Å². The van der Waals surface area contributed by atoms with E-state index in [0.29, 0.717) is 47.1 Å². The third kappa shape index (κ3) is 4.02. The Labute approximate surface area is 202 Å². The number of ether oxygens (including phenoxy) is 2. The lowest BCUT2D eigenvalue weighted by atomic mass is 9.90. The van der Waals surface area contributed by atoms with E-state index in [1.54, 1.807) is 13.0 Å². The Kier molecular flexibility index (Phi) is 5.98. The van der Waals surface area contributed by atoms with Gasteiger partial charge >= 0.3 is 0 Å². The summed E-state index contributed by atoms with van der Waals surface area (Å²) < 4.78 is 27.6. The van der Waals surface area contributed by atoms with E-state index < -0.39 is 0 Å². The molecule has 0 aliphatic carbocycles. The molecule has 6 nitrogen and oxygen atoms in total. The first kappa shape index (κ1) is 22.6.